The molecule has 0 aromatic rings. The van der Waals surface area contributed by atoms with Gasteiger partial charge < -0.3 is 11.1 Å². The zero-order valence-corrected chi connectivity index (χ0v) is 8.94. The summed E-state index contributed by atoms with van der Waals surface area (Å²) in [4.78, 5) is 11.9. The Bertz CT molecular complexity index is 240. The molecular formula is C11H20N2O. The van der Waals surface area contributed by atoms with Crippen LogP contribution in [0.4, 0.5) is 0 Å². The number of amides is 1. The lowest BCUT2D eigenvalue weighted by Crippen LogP contribution is -2.62. The van der Waals surface area contributed by atoms with E-state index in [1.54, 1.807) is 0 Å². The van der Waals surface area contributed by atoms with Crippen molar-refractivity contribution in [3.63, 3.8) is 0 Å². The third-order valence-corrected chi connectivity index (χ3v) is 3.82. The molecule has 0 radical (unpaired) electrons. The molecule has 0 atom stereocenters. The van der Waals surface area contributed by atoms with Crippen molar-refractivity contribution in [2.75, 3.05) is 0 Å². The van der Waals surface area contributed by atoms with Crippen LogP contribution in [0.5, 0.6) is 0 Å². The Morgan fingerprint density at radius 3 is 2.14 bits per heavy atom. The summed E-state index contributed by atoms with van der Waals surface area (Å²) in [6.07, 6.45) is 7.48. The maximum absolute atomic E-state index is 11.9. The highest BCUT2D eigenvalue weighted by Gasteiger charge is 2.43. The van der Waals surface area contributed by atoms with E-state index in [0.717, 1.165) is 32.1 Å². The van der Waals surface area contributed by atoms with Crippen molar-refractivity contribution in [2.24, 2.45) is 5.73 Å². The summed E-state index contributed by atoms with van der Waals surface area (Å²) in [5.41, 5.74) is 5.46. The maximum Gasteiger partial charge on any atom is 0.240 e. The van der Waals surface area contributed by atoms with Gasteiger partial charge >= 0.3 is 0 Å². The molecule has 0 aromatic carbocycles. The highest BCUT2D eigenvalue weighted by molar-refractivity contribution is 5.87. The van der Waals surface area contributed by atoms with Crippen LogP contribution in [0.25, 0.3) is 0 Å². The van der Waals surface area contributed by atoms with Crippen LogP contribution in [-0.4, -0.2) is 17.0 Å². The van der Waals surface area contributed by atoms with Crippen molar-refractivity contribution in [2.45, 2.75) is 62.9 Å². The van der Waals surface area contributed by atoms with E-state index in [1.807, 2.05) is 0 Å². The number of hydrogen-bond donors (Lipinski definition) is 2. The summed E-state index contributed by atoms with van der Waals surface area (Å²) >= 11 is 0. The van der Waals surface area contributed by atoms with E-state index in [1.165, 1.54) is 12.8 Å². The monoisotopic (exact) mass is 196 g/mol. The molecule has 2 fully saturated rings. The predicted molar refractivity (Wildman–Crippen MR) is 55.8 cm³/mol. The van der Waals surface area contributed by atoms with E-state index in [0.29, 0.717) is 0 Å². The maximum atomic E-state index is 11.9. The van der Waals surface area contributed by atoms with Crippen LogP contribution in [0.15, 0.2) is 0 Å². The summed E-state index contributed by atoms with van der Waals surface area (Å²) in [5.74, 6) is 0.0770. The molecule has 0 aromatic heterocycles. The predicted octanol–water partition coefficient (Wildman–Crippen LogP) is 1.32. The van der Waals surface area contributed by atoms with Gasteiger partial charge in [0.05, 0.1) is 5.54 Å². The number of nitrogens with two attached hydrogens (primary N) is 1. The first-order chi connectivity index (χ1) is 6.54. The molecule has 2 rings (SSSR count). The SMILES string of the molecule is CC1(NC(=O)C2(N)CCC2)CCCC1. The average molecular weight is 196 g/mol. The van der Waals surface area contributed by atoms with Gasteiger partial charge in [-0.05, 0) is 39.0 Å². The minimum absolute atomic E-state index is 0.0268. The van der Waals surface area contributed by atoms with Crippen molar-refractivity contribution in [1.29, 1.82) is 0 Å². The van der Waals surface area contributed by atoms with Gasteiger partial charge in [0.15, 0.2) is 0 Å². The second kappa shape index (κ2) is 3.23. The van der Waals surface area contributed by atoms with Crippen molar-refractivity contribution < 1.29 is 4.79 Å². The van der Waals surface area contributed by atoms with E-state index < -0.39 is 5.54 Å². The van der Waals surface area contributed by atoms with E-state index in [9.17, 15) is 4.79 Å². The topological polar surface area (TPSA) is 55.1 Å². The van der Waals surface area contributed by atoms with Crippen molar-refractivity contribution in [3.05, 3.63) is 0 Å². The standard InChI is InChI=1S/C11H20N2O/c1-10(5-2-3-6-10)13-9(14)11(12)7-4-8-11/h2-8,12H2,1H3,(H,13,14). The first kappa shape index (κ1) is 9.97. The summed E-state index contributed by atoms with van der Waals surface area (Å²) in [5, 5.41) is 3.13. The Balaban J connectivity index is 1.93. The number of carbonyl (C=O) groups is 1. The van der Waals surface area contributed by atoms with Crippen molar-refractivity contribution in [3.8, 4) is 0 Å². The average Bonchev–Trinajstić information content (AvgIpc) is 2.47. The van der Waals surface area contributed by atoms with Crippen molar-refractivity contribution in [1.82, 2.24) is 5.32 Å². The molecule has 2 saturated carbocycles. The summed E-state index contributed by atoms with van der Waals surface area (Å²) in [7, 11) is 0. The fourth-order valence-electron chi connectivity index (χ4n) is 2.46. The molecule has 80 valence electrons. The third-order valence-electron chi connectivity index (χ3n) is 3.82. The van der Waals surface area contributed by atoms with Gasteiger partial charge in [-0.15, -0.1) is 0 Å². The Morgan fingerprint density at radius 1 is 1.14 bits per heavy atom. The zero-order valence-electron chi connectivity index (χ0n) is 8.94. The molecule has 0 heterocycles. The molecule has 3 heteroatoms. The number of hydrogen-bond acceptors (Lipinski definition) is 2. The van der Waals surface area contributed by atoms with Crippen LogP contribution in [0.2, 0.25) is 0 Å². The number of nitrogens with one attached hydrogen (secondary N) is 1. The lowest BCUT2D eigenvalue weighted by atomic mass is 9.76. The lowest BCUT2D eigenvalue weighted by Gasteiger charge is -2.39. The molecule has 2 aliphatic rings. The van der Waals surface area contributed by atoms with Crippen LogP contribution in [-0.2, 0) is 4.79 Å². The Hall–Kier alpha value is -0.570. The van der Waals surface area contributed by atoms with Crippen LogP contribution in [0.3, 0.4) is 0 Å². The van der Waals surface area contributed by atoms with E-state index in [-0.39, 0.29) is 11.4 Å². The van der Waals surface area contributed by atoms with Gasteiger partial charge in [0.1, 0.15) is 0 Å². The van der Waals surface area contributed by atoms with Gasteiger partial charge in [0.25, 0.3) is 0 Å². The zero-order chi connectivity index (χ0) is 10.2. The largest absolute Gasteiger partial charge is 0.349 e. The molecule has 1 amide bonds. The highest BCUT2D eigenvalue weighted by atomic mass is 16.2. The first-order valence-corrected chi connectivity index (χ1v) is 5.66. The van der Waals surface area contributed by atoms with Gasteiger partial charge in [-0.1, -0.05) is 12.8 Å². The smallest absolute Gasteiger partial charge is 0.240 e. The summed E-state index contributed by atoms with van der Waals surface area (Å²) in [6.45, 7) is 2.14. The quantitative estimate of drug-likeness (QED) is 0.699. The Morgan fingerprint density at radius 2 is 1.71 bits per heavy atom. The van der Waals surface area contributed by atoms with Gasteiger partial charge in [-0.3, -0.25) is 4.79 Å². The molecule has 0 bridgehead atoms. The minimum atomic E-state index is -0.536. The molecule has 0 aliphatic heterocycles. The molecule has 3 N–H and O–H groups in total. The fourth-order valence-corrected chi connectivity index (χ4v) is 2.46. The van der Waals surface area contributed by atoms with Crippen LogP contribution < -0.4 is 11.1 Å². The van der Waals surface area contributed by atoms with E-state index in [2.05, 4.69) is 12.2 Å². The molecular weight excluding hydrogens is 176 g/mol. The first-order valence-electron chi connectivity index (χ1n) is 5.66. The molecule has 14 heavy (non-hydrogen) atoms. The van der Waals surface area contributed by atoms with Crippen LogP contribution in [0.1, 0.15) is 51.9 Å². The second-order valence-corrected chi connectivity index (χ2v) is 5.23. The molecule has 0 spiro atoms. The van der Waals surface area contributed by atoms with Crippen LogP contribution >= 0.6 is 0 Å². The van der Waals surface area contributed by atoms with E-state index >= 15 is 0 Å². The number of carbonyl (C=O) groups excluding carboxylic acids is 1. The molecule has 2 aliphatic carbocycles. The normalized spacial score (nSPS) is 28.1. The van der Waals surface area contributed by atoms with Crippen LogP contribution in [0, 0.1) is 0 Å². The molecule has 0 saturated heterocycles. The highest BCUT2D eigenvalue weighted by Crippen LogP contribution is 2.33. The third kappa shape index (κ3) is 1.65. The van der Waals surface area contributed by atoms with E-state index in [4.69, 9.17) is 5.73 Å². The molecule has 3 nitrogen and oxygen atoms in total. The lowest BCUT2D eigenvalue weighted by molar-refractivity contribution is -0.131. The van der Waals surface area contributed by atoms with Gasteiger partial charge in [-0.25, -0.2) is 0 Å². The van der Waals surface area contributed by atoms with Crippen molar-refractivity contribution >= 4 is 5.91 Å². The Labute approximate surface area is 85.4 Å². The Kier molecular flexibility index (Phi) is 2.30. The number of rotatable bonds is 2. The van der Waals surface area contributed by atoms with Gasteiger partial charge in [-0.2, -0.15) is 0 Å². The summed E-state index contributed by atoms with van der Waals surface area (Å²) < 4.78 is 0. The molecule has 0 unspecified atom stereocenters. The second-order valence-electron chi connectivity index (χ2n) is 5.23. The van der Waals surface area contributed by atoms with Gasteiger partial charge in [0.2, 0.25) is 5.91 Å². The summed E-state index contributed by atoms with van der Waals surface area (Å²) in [6, 6.07) is 0. The fraction of sp³-hybridized carbons (Fsp3) is 0.909. The minimum Gasteiger partial charge on any atom is -0.349 e. The van der Waals surface area contributed by atoms with Gasteiger partial charge in [0, 0.05) is 5.54 Å².